The summed E-state index contributed by atoms with van der Waals surface area (Å²) in [7, 11) is 0. The zero-order valence-electron chi connectivity index (χ0n) is 10.5. The largest absolute Gasteiger partial charge is 0.300 e. The van der Waals surface area contributed by atoms with Crippen molar-refractivity contribution in [1.29, 1.82) is 0 Å². The van der Waals surface area contributed by atoms with Gasteiger partial charge < -0.3 is 5.32 Å². The molecule has 0 spiro atoms. The molecule has 2 rings (SSSR count). The van der Waals surface area contributed by atoms with Gasteiger partial charge in [0.2, 0.25) is 11.0 Å². The number of hydrogen-bond donors (Lipinski definition) is 1. The average Bonchev–Trinajstić information content (AvgIpc) is 2.86. The van der Waals surface area contributed by atoms with E-state index in [0.717, 1.165) is 15.7 Å². The van der Waals surface area contributed by atoms with Gasteiger partial charge in [0.15, 0.2) is 4.34 Å². The summed E-state index contributed by atoms with van der Waals surface area (Å²) in [4.78, 5) is 11.9. The van der Waals surface area contributed by atoms with Crippen molar-refractivity contribution in [2.24, 2.45) is 0 Å². The average molecular weight is 326 g/mol. The first-order valence-electron chi connectivity index (χ1n) is 5.79. The zero-order chi connectivity index (χ0) is 14.4. The first-order valence-corrected chi connectivity index (χ1v) is 7.97. The summed E-state index contributed by atoms with van der Waals surface area (Å²) in [6, 6.07) is 7.18. The molecule has 0 radical (unpaired) electrons. The molecule has 0 aliphatic rings. The van der Waals surface area contributed by atoms with Crippen LogP contribution < -0.4 is 5.32 Å². The van der Waals surface area contributed by atoms with Crippen molar-refractivity contribution in [2.75, 3.05) is 11.1 Å². The van der Waals surface area contributed by atoms with E-state index in [1.807, 2.05) is 12.1 Å². The van der Waals surface area contributed by atoms with Crippen LogP contribution in [0, 0.1) is 0 Å². The Labute approximate surface area is 130 Å². The van der Waals surface area contributed by atoms with Crippen LogP contribution in [0.2, 0.25) is 5.02 Å². The van der Waals surface area contributed by atoms with Gasteiger partial charge in [-0.05, 0) is 17.7 Å². The molecule has 7 heteroatoms. The topological polar surface area (TPSA) is 54.9 Å². The van der Waals surface area contributed by atoms with Crippen LogP contribution in [0.25, 0.3) is 0 Å². The van der Waals surface area contributed by atoms with Gasteiger partial charge in [-0.25, -0.2) is 0 Å². The standard InChI is InChI=1S/C13H12ClN3OS2/c1-2-7-19-13-17-16-12(20-13)15-11(18)8-9-3-5-10(14)6-4-9/h2-6H,1,7-8H2,(H,15,16,18). The van der Waals surface area contributed by atoms with Gasteiger partial charge >= 0.3 is 0 Å². The molecular weight excluding hydrogens is 314 g/mol. The normalized spacial score (nSPS) is 10.2. The minimum Gasteiger partial charge on any atom is -0.300 e. The highest BCUT2D eigenvalue weighted by Crippen LogP contribution is 2.25. The third-order valence-electron chi connectivity index (χ3n) is 2.26. The minimum absolute atomic E-state index is 0.122. The lowest BCUT2D eigenvalue weighted by Crippen LogP contribution is -2.14. The lowest BCUT2D eigenvalue weighted by molar-refractivity contribution is -0.115. The van der Waals surface area contributed by atoms with Crippen LogP contribution >= 0.6 is 34.7 Å². The minimum atomic E-state index is -0.122. The molecular formula is C13H12ClN3OS2. The molecule has 1 amide bonds. The second kappa shape index (κ2) is 7.42. The van der Waals surface area contributed by atoms with Crippen molar-refractivity contribution in [3.63, 3.8) is 0 Å². The van der Waals surface area contributed by atoms with Gasteiger partial charge in [0.25, 0.3) is 0 Å². The number of anilines is 1. The lowest BCUT2D eigenvalue weighted by atomic mass is 10.1. The molecule has 0 aliphatic carbocycles. The highest BCUT2D eigenvalue weighted by atomic mass is 35.5. The summed E-state index contributed by atoms with van der Waals surface area (Å²) in [5, 5.41) is 11.8. The Morgan fingerprint density at radius 3 is 2.85 bits per heavy atom. The van der Waals surface area contributed by atoms with E-state index in [1.54, 1.807) is 18.2 Å². The number of thioether (sulfide) groups is 1. The maximum Gasteiger partial charge on any atom is 0.230 e. The number of nitrogens with zero attached hydrogens (tertiary/aromatic N) is 2. The summed E-state index contributed by atoms with van der Waals surface area (Å²) in [5.74, 6) is 0.650. The number of carbonyl (C=O) groups excluding carboxylic acids is 1. The molecule has 0 saturated carbocycles. The number of halogens is 1. The van der Waals surface area contributed by atoms with Crippen molar-refractivity contribution in [3.8, 4) is 0 Å². The maximum absolute atomic E-state index is 11.9. The molecule has 4 nitrogen and oxygen atoms in total. The Balaban J connectivity index is 1.89. The van der Waals surface area contributed by atoms with E-state index in [-0.39, 0.29) is 12.3 Å². The van der Waals surface area contributed by atoms with Crippen LogP contribution in [0.5, 0.6) is 0 Å². The zero-order valence-corrected chi connectivity index (χ0v) is 12.9. The highest BCUT2D eigenvalue weighted by molar-refractivity contribution is 8.01. The van der Waals surface area contributed by atoms with Crippen LogP contribution in [0.4, 0.5) is 5.13 Å². The van der Waals surface area contributed by atoms with Crippen molar-refractivity contribution in [2.45, 2.75) is 10.8 Å². The molecule has 1 aromatic carbocycles. The Morgan fingerprint density at radius 1 is 1.40 bits per heavy atom. The quantitative estimate of drug-likeness (QED) is 0.500. The highest BCUT2D eigenvalue weighted by Gasteiger charge is 2.09. The van der Waals surface area contributed by atoms with Crippen molar-refractivity contribution in [1.82, 2.24) is 10.2 Å². The van der Waals surface area contributed by atoms with Gasteiger partial charge in [0.05, 0.1) is 6.42 Å². The maximum atomic E-state index is 11.9. The third-order valence-corrected chi connectivity index (χ3v) is 4.48. The fourth-order valence-corrected chi connectivity index (χ4v) is 3.06. The molecule has 1 aromatic heterocycles. The number of carbonyl (C=O) groups is 1. The SMILES string of the molecule is C=CCSc1nnc(NC(=O)Cc2ccc(Cl)cc2)s1. The van der Waals surface area contributed by atoms with E-state index in [9.17, 15) is 4.79 Å². The smallest absolute Gasteiger partial charge is 0.230 e. The Hall–Kier alpha value is -1.37. The van der Waals surface area contributed by atoms with E-state index in [1.165, 1.54) is 23.1 Å². The van der Waals surface area contributed by atoms with Gasteiger partial charge in [-0.15, -0.1) is 16.8 Å². The number of benzene rings is 1. The van der Waals surface area contributed by atoms with Gasteiger partial charge in [-0.2, -0.15) is 0 Å². The number of amides is 1. The first-order chi connectivity index (χ1) is 9.67. The lowest BCUT2D eigenvalue weighted by Gasteiger charge is -2.01. The molecule has 1 N–H and O–H groups in total. The van der Waals surface area contributed by atoms with E-state index in [0.29, 0.717) is 10.2 Å². The molecule has 2 aromatic rings. The first kappa shape index (κ1) is 15.0. The second-order valence-corrected chi connectivity index (χ2v) is 6.51. The van der Waals surface area contributed by atoms with Crippen molar-refractivity contribution >= 4 is 45.7 Å². The molecule has 1 heterocycles. The van der Waals surface area contributed by atoms with Gasteiger partial charge in [0, 0.05) is 10.8 Å². The fraction of sp³-hybridized carbons (Fsp3) is 0.154. The fourth-order valence-electron chi connectivity index (χ4n) is 1.40. The summed E-state index contributed by atoms with van der Waals surface area (Å²) in [5.41, 5.74) is 0.901. The molecule has 20 heavy (non-hydrogen) atoms. The molecule has 0 fully saturated rings. The number of hydrogen-bond acceptors (Lipinski definition) is 5. The van der Waals surface area contributed by atoms with Gasteiger partial charge in [-0.3, -0.25) is 4.79 Å². The molecule has 0 bridgehead atoms. The van der Waals surface area contributed by atoms with Gasteiger partial charge in [0.1, 0.15) is 0 Å². The van der Waals surface area contributed by atoms with E-state index in [4.69, 9.17) is 11.6 Å². The molecule has 0 aliphatic heterocycles. The summed E-state index contributed by atoms with van der Waals surface area (Å²) in [6.45, 7) is 3.64. The van der Waals surface area contributed by atoms with Crippen LogP contribution in [0.15, 0.2) is 41.3 Å². The van der Waals surface area contributed by atoms with E-state index >= 15 is 0 Å². The number of rotatable bonds is 6. The summed E-state index contributed by atoms with van der Waals surface area (Å²) >= 11 is 8.68. The van der Waals surface area contributed by atoms with Crippen molar-refractivity contribution in [3.05, 3.63) is 47.5 Å². The van der Waals surface area contributed by atoms with Crippen molar-refractivity contribution < 1.29 is 4.79 Å². The number of aromatic nitrogens is 2. The van der Waals surface area contributed by atoms with Crippen LogP contribution in [-0.4, -0.2) is 21.9 Å². The third kappa shape index (κ3) is 4.63. The van der Waals surface area contributed by atoms with Crippen LogP contribution in [0.1, 0.15) is 5.56 Å². The van der Waals surface area contributed by atoms with Crippen LogP contribution in [-0.2, 0) is 11.2 Å². The van der Waals surface area contributed by atoms with Gasteiger partial charge in [-0.1, -0.05) is 52.9 Å². The Bertz CT molecular complexity index is 598. The predicted molar refractivity (Wildman–Crippen MR) is 84.6 cm³/mol. The van der Waals surface area contributed by atoms with Crippen LogP contribution in [0.3, 0.4) is 0 Å². The number of nitrogens with one attached hydrogen (secondary N) is 1. The van der Waals surface area contributed by atoms with E-state index < -0.39 is 0 Å². The Kier molecular flexibility index (Phi) is 5.58. The summed E-state index contributed by atoms with van der Waals surface area (Å²) < 4.78 is 0.812. The Morgan fingerprint density at radius 2 is 2.15 bits per heavy atom. The second-order valence-electron chi connectivity index (χ2n) is 3.82. The monoisotopic (exact) mass is 325 g/mol. The molecule has 0 saturated heterocycles. The molecule has 104 valence electrons. The van der Waals surface area contributed by atoms with E-state index in [2.05, 4.69) is 22.1 Å². The molecule has 0 unspecified atom stereocenters. The predicted octanol–water partition coefficient (Wildman–Crippen LogP) is 3.65. The summed E-state index contributed by atoms with van der Waals surface area (Å²) in [6.07, 6.45) is 2.08. The molecule has 0 atom stereocenters.